The molecule has 0 radical (unpaired) electrons. The highest BCUT2D eigenvalue weighted by Gasteiger charge is 2.23. The van der Waals surface area contributed by atoms with Gasteiger partial charge < -0.3 is 15.0 Å². The Morgan fingerprint density at radius 2 is 1.71 bits per heavy atom. The number of hydrogen-bond acceptors (Lipinski definition) is 6. The van der Waals surface area contributed by atoms with Gasteiger partial charge in [-0.25, -0.2) is 4.98 Å². The van der Waals surface area contributed by atoms with Gasteiger partial charge in [0, 0.05) is 24.5 Å². The summed E-state index contributed by atoms with van der Waals surface area (Å²) in [6.07, 6.45) is 0. The van der Waals surface area contributed by atoms with E-state index in [0.29, 0.717) is 43.1 Å². The standard InChI is InChI=1S/C26H23N3O3S2/c30-24(20-8-4-5-9-21(20)25(31)29-12-14-32-15-13-29)27-19-10-11-22-23(16-19)34-26(28-22)33-17-18-6-2-1-3-7-18/h1-11,16H,12-15,17H2,(H,27,30). The molecule has 1 saturated heterocycles. The lowest BCUT2D eigenvalue weighted by Crippen LogP contribution is -2.41. The van der Waals surface area contributed by atoms with Crippen LogP contribution in [0.5, 0.6) is 0 Å². The first-order valence-corrected chi connectivity index (χ1v) is 12.8. The average Bonchev–Trinajstić information content (AvgIpc) is 3.30. The quantitative estimate of drug-likeness (QED) is 0.372. The monoisotopic (exact) mass is 489 g/mol. The van der Waals surface area contributed by atoms with E-state index >= 15 is 0 Å². The predicted octanol–water partition coefficient (Wildman–Crippen LogP) is 5.31. The molecule has 1 aromatic heterocycles. The molecule has 1 aliphatic rings. The summed E-state index contributed by atoms with van der Waals surface area (Å²) in [5.41, 5.74) is 3.60. The number of thioether (sulfide) groups is 1. The number of ether oxygens (including phenoxy) is 1. The molecule has 5 rings (SSSR count). The molecule has 2 amide bonds. The number of carbonyl (C=O) groups excluding carboxylic acids is 2. The molecule has 0 bridgehead atoms. The summed E-state index contributed by atoms with van der Waals surface area (Å²) in [6.45, 7) is 2.09. The van der Waals surface area contributed by atoms with Gasteiger partial charge in [-0.05, 0) is 35.9 Å². The summed E-state index contributed by atoms with van der Waals surface area (Å²) in [5.74, 6) is 0.407. The number of benzene rings is 3. The number of carbonyl (C=O) groups is 2. The van der Waals surface area contributed by atoms with Crippen molar-refractivity contribution in [1.29, 1.82) is 0 Å². The van der Waals surface area contributed by atoms with Crippen molar-refractivity contribution < 1.29 is 14.3 Å². The van der Waals surface area contributed by atoms with Crippen LogP contribution in [0, 0.1) is 0 Å². The van der Waals surface area contributed by atoms with Crippen LogP contribution in [-0.2, 0) is 10.5 Å². The molecule has 0 aliphatic carbocycles. The van der Waals surface area contributed by atoms with E-state index in [4.69, 9.17) is 9.72 Å². The Labute approximate surface area is 206 Å². The second kappa shape index (κ2) is 10.4. The topological polar surface area (TPSA) is 71.5 Å². The number of hydrogen-bond donors (Lipinski definition) is 1. The van der Waals surface area contributed by atoms with Gasteiger partial charge in [0.15, 0.2) is 4.34 Å². The van der Waals surface area contributed by atoms with Crippen LogP contribution in [0.2, 0.25) is 0 Å². The van der Waals surface area contributed by atoms with Crippen LogP contribution < -0.4 is 5.32 Å². The molecule has 0 unspecified atom stereocenters. The number of anilines is 1. The van der Waals surface area contributed by atoms with Crippen LogP contribution in [0.4, 0.5) is 5.69 Å². The maximum absolute atomic E-state index is 13.1. The van der Waals surface area contributed by atoms with E-state index < -0.39 is 0 Å². The van der Waals surface area contributed by atoms with E-state index in [9.17, 15) is 9.59 Å². The highest BCUT2D eigenvalue weighted by atomic mass is 32.2. The van der Waals surface area contributed by atoms with Gasteiger partial charge in [0.2, 0.25) is 0 Å². The highest BCUT2D eigenvalue weighted by Crippen LogP contribution is 2.33. The van der Waals surface area contributed by atoms with Crippen LogP contribution >= 0.6 is 23.1 Å². The van der Waals surface area contributed by atoms with E-state index in [1.165, 1.54) is 5.56 Å². The van der Waals surface area contributed by atoms with Gasteiger partial charge in [-0.15, -0.1) is 11.3 Å². The first kappa shape index (κ1) is 22.6. The zero-order valence-corrected chi connectivity index (χ0v) is 20.0. The lowest BCUT2D eigenvalue weighted by molar-refractivity contribution is 0.0302. The Balaban J connectivity index is 1.30. The van der Waals surface area contributed by atoms with Crippen molar-refractivity contribution in [3.8, 4) is 0 Å². The fourth-order valence-corrected chi connectivity index (χ4v) is 5.83. The van der Waals surface area contributed by atoms with E-state index in [1.54, 1.807) is 52.3 Å². The Bertz CT molecular complexity index is 1320. The number of aromatic nitrogens is 1. The Hall–Kier alpha value is -3.20. The average molecular weight is 490 g/mol. The molecule has 8 heteroatoms. The summed E-state index contributed by atoms with van der Waals surface area (Å²) in [4.78, 5) is 32.5. The summed E-state index contributed by atoms with van der Waals surface area (Å²) in [7, 11) is 0. The fraction of sp³-hybridized carbons (Fsp3) is 0.192. The molecule has 2 heterocycles. The molecule has 1 N–H and O–H groups in total. The zero-order valence-electron chi connectivity index (χ0n) is 18.4. The molecule has 172 valence electrons. The van der Waals surface area contributed by atoms with Gasteiger partial charge >= 0.3 is 0 Å². The lowest BCUT2D eigenvalue weighted by Gasteiger charge is -2.27. The predicted molar refractivity (Wildman–Crippen MR) is 137 cm³/mol. The van der Waals surface area contributed by atoms with E-state index in [0.717, 1.165) is 20.3 Å². The minimum absolute atomic E-state index is 0.146. The smallest absolute Gasteiger partial charge is 0.256 e. The van der Waals surface area contributed by atoms with Crippen LogP contribution in [0.15, 0.2) is 77.1 Å². The van der Waals surface area contributed by atoms with Gasteiger partial charge in [-0.2, -0.15) is 0 Å². The lowest BCUT2D eigenvalue weighted by atomic mass is 10.0. The normalized spacial score (nSPS) is 13.7. The summed E-state index contributed by atoms with van der Waals surface area (Å²) in [6, 6.07) is 22.9. The second-order valence-corrected chi connectivity index (χ2v) is 10.1. The molecule has 6 nitrogen and oxygen atoms in total. The van der Waals surface area contributed by atoms with E-state index in [-0.39, 0.29) is 11.8 Å². The number of morpholine rings is 1. The first-order chi connectivity index (χ1) is 16.7. The van der Waals surface area contributed by atoms with Gasteiger partial charge in [0.1, 0.15) is 0 Å². The molecule has 0 spiro atoms. The number of amides is 2. The maximum atomic E-state index is 13.1. The van der Waals surface area contributed by atoms with Gasteiger partial charge in [-0.1, -0.05) is 54.2 Å². The summed E-state index contributed by atoms with van der Waals surface area (Å²) in [5, 5.41) is 2.95. The molecule has 34 heavy (non-hydrogen) atoms. The number of rotatable bonds is 6. The molecular formula is C26H23N3O3S2. The molecule has 1 aliphatic heterocycles. The van der Waals surface area contributed by atoms with Crippen LogP contribution in [0.3, 0.4) is 0 Å². The zero-order chi connectivity index (χ0) is 23.3. The van der Waals surface area contributed by atoms with Crippen molar-refractivity contribution in [2.24, 2.45) is 0 Å². The van der Waals surface area contributed by atoms with Crippen LogP contribution in [0.1, 0.15) is 26.3 Å². The van der Waals surface area contributed by atoms with Crippen LogP contribution in [0.25, 0.3) is 10.2 Å². The summed E-state index contributed by atoms with van der Waals surface area (Å²) < 4.78 is 7.33. The molecule has 0 saturated carbocycles. The number of nitrogens with one attached hydrogen (secondary N) is 1. The SMILES string of the molecule is O=C(Nc1ccc2nc(SCc3ccccc3)sc2c1)c1ccccc1C(=O)N1CCOCC1. The molecule has 3 aromatic carbocycles. The van der Waals surface area contributed by atoms with Gasteiger partial charge in [-0.3, -0.25) is 9.59 Å². The van der Waals surface area contributed by atoms with Crippen molar-refractivity contribution >= 4 is 50.8 Å². The Morgan fingerprint density at radius 3 is 2.50 bits per heavy atom. The molecule has 0 atom stereocenters. The third kappa shape index (κ3) is 5.14. The van der Waals surface area contributed by atoms with E-state index in [1.807, 2.05) is 36.4 Å². The number of nitrogens with zero attached hydrogens (tertiary/aromatic N) is 2. The Kier molecular flexibility index (Phi) is 6.89. The molecule has 1 fully saturated rings. The van der Waals surface area contributed by atoms with Gasteiger partial charge in [0.25, 0.3) is 11.8 Å². The van der Waals surface area contributed by atoms with Crippen molar-refractivity contribution in [2.45, 2.75) is 10.1 Å². The second-order valence-electron chi connectivity index (χ2n) is 7.84. The molecular weight excluding hydrogens is 466 g/mol. The number of fused-ring (bicyclic) bond motifs is 1. The minimum atomic E-state index is -0.306. The largest absolute Gasteiger partial charge is 0.378 e. The first-order valence-electron chi connectivity index (χ1n) is 11.0. The minimum Gasteiger partial charge on any atom is -0.378 e. The van der Waals surface area contributed by atoms with Crippen molar-refractivity contribution in [1.82, 2.24) is 9.88 Å². The maximum Gasteiger partial charge on any atom is 0.256 e. The third-order valence-electron chi connectivity index (χ3n) is 5.53. The van der Waals surface area contributed by atoms with Crippen molar-refractivity contribution in [3.63, 3.8) is 0 Å². The van der Waals surface area contributed by atoms with E-state index in [2.05, 4.69) is 17.4 Å². The third-order valence-corrected chi connectivity index (χ3v) is 7.76. The summed E-state index contributed by atoms with van der Waals surface area (Å²) >= 11 is 3.31. The molecule has 4 aromatic rings. The Morgan fingerprint density at radius 1 is 0.971 bits per heavy atom. The highest BCUT2D eigenvalue weighted by molar-refractivity contribution is 8.00. The van der Waals surface area contributed by atoms with Crippen molar-refractivity contribution in [2.75, 3.05) is 31.6 Å². The van der Waals surface area contributed by atoms with Crippen molar-refractivity contribution in [3.05, 3.63) is 89.5 Å². The van der Waals surface area contributed by atoms with Crippen LogP contribution in [-0.4, -0.2) is 48.0 Å². The number of thiazole rings is 1. The fourth-order valence-electron chi connectivity index (χ4n) is 3.77. The van der Waals surface area contributed by atoms with Gasteiger partial charge in [0.05, 0.1) is 34.6 Å².